The van der Waals surface area contributed by atoms with E-state index in [2.05, 4.69) is 26.1 Å². The number of nitrogens with one attached hydrogen (secondary N) is 1. The molecule has 16 heavy (non-hydrogen) atoms. The van der Waals surface area contributed by atoms with E-state index < -0.39 is 0 Å². The van der Waals surface area contributed by atoms with E-state index in [1.165, 1.54) is 0 Å². The number of hydrogen-bond donors (Lipinski definition) is 1. The van der Waals surface area contributed by atoms with Crippen molar-refractivity contribution in [3.05, 3.63) is 24.2 Å². The zero-order valence-electron chi connectivity index (χ0n) is 10.1. The summed E-state index contributed by atoms with van der Waals surface area (Å²) in [5, 5.41) is 3.08. The van der Waals surface area contributed by atoms with E-state index in [4.69, 9.17) is 4.42 Å². The lowest BCUT2D eigenvalue weighted by Gasteiger charge is -2.30. The van der Waals surface area contributed by atoms with Crippen molar-refractivity contribution >= 4 is 5.91 Å². The van der Waals surface area contributed by atoms with Gasteiger partial charge in [0.05, 0.1) is 12.5 Å². The number of rotatable bonds is 3. The van der Waals surface area contributed by atoms with Gasteiger partial charge in [0.15, 0.2) is 0 Å². The van der Waals surface area contributed by atoms with Gasteiger partial charge in [0.25, 0.3) is 0 Å². The topological polar surface area (TPSA) is 42.2 Å². The van der Waals surface area contributed by atoms with Crippen LogP contribution in [-0.2, 0) is 10.2 Å². The summed E-state index contributed by atoms with van der Waals surface area (Å²) in [5.74, 6) is 0.726. The molecule has 0 spiro atoms. The Kier molecular flexibility index (Phi) is 2.78. The Morgan fingerprint density at radius 3 is 2.94 bits per heavy atom. The average molecular weight is 221 g/mol. The van der Waals surface area contributed by atoms with E-state index in [-0.39, 0.29) is 17.4 Å². The fourth-order valence-electron chi connectivity index (χ4n) is 2.54. The van der Waals surface area contributed by atoms with Crippen LogP contribution in [0.25, 0.3) is 0 Å². The van der Waals surface area contributed by atoms with Gasteiger partial charge >= 0.3 is 0 Å². The summed E-state index contributed by atoms with van der Waals surface area (Å²) in [6.07, 6.45) is 5.00. The largest absolute Gasteiger partial charge is 0.472 e. The molecule has 3 nitrogen and oxygen atoms in total. The Balaban J connectivity index is 2.26. The van der Waals surface area contributed by atoms with Gasteiger partial charge in [0, 0.05) is 17.9 Å². The molecule has 1 N–H and O–H groups in total. The van der Waals surface area contributed by atoms with Gasteiger partial charge in [-0.25, -0.2) is 0 Å². The van der Waals surface area contributed by atoms with Crippen LogP contribution >= 0.6 is 0 Å². The van der Waals surface area contributed by atoms with Crippen LogP contribution in [-0.4, -0.2) is 11.9 Å². The molecule has 0 radical (unpaired) electrons. The van der Waals surface area contributed by atoms with Gasteiger partial charge in [0.2, 0.25) is 5.91 Å². The molecule has 88 valence electrons. The van der Waals surface area contributed by atoms with Crippen molar-refractivity contribution in [2.75, 3.05) is 0 Å². The molecule has 1 saturated heterocycles. The highest BCUT2D eigenvalue weighted by Crippen LogP contribution is 2.38. The first-order chi connectivity index (χ1) is 7.52. The van der Waals surface area contributed by atoms with Gasteiger partial charge < -0.3 is 9.73 Å². The standard InChI is InChI=1S/C13H19NO2/c1-9(2)6-11-13(3,7-12(15)14-11)10-4-5-16-8-10/h4-5,8-9,11H,6-7H2,1-3H3,(H,14,15). The minimum absolute atomic E-state index is 0.117. The lowest BCUT2D eigenvalue weighted by atomic mass is 9.74. The summed E-state index contributed by atoms with van der Waals surface area (Å²) in [6, 6.07) is 2.19. The zero-order chi connectivity index (χ0) is 11.8. The maximum Gasteiger partial charge on any atom is 0.221 e. The van der Waals surface area contributed by atoms with Crippen LogP contribution in [0.15, 0.2) is 23.0 Å². The Hall–Kier alpha value is -1.25. The Bertz CT molecular complexity index is 369. The second-order valence-corrected chi connectivity index (χ2v) is 5.36. The summed E-state index contributed by atoms with van der Waals surface area (Å²) in [6.45, 7) is 6.50. The SMILES string of the molecule is CC(C)CC1NC(=O)CC1(C)c1ccoc1. The summed E-state index contributed by atoms with van der Waals surface area (Å²) in [4.78, 5) is 11.6. The van der Waals surface area contributed by atoms with Crippen molar-refractivity contribution in [2.45, 2.75) is 45.1 Å². The third-order valence-electron chi connectivity index (χ3n) is 3.52. The molecule has 0 saturated carbocycles. The number of carbonyl (C=O) groups is 1. The Morgan fingerprint density at radius 2 is 2.38 bits per heavy atom. The van der Waals surface area contributed by atoms with Gasteiger partial charge in [-0.1, -0.05) is 20.8 Å². The maximum absolute atomic E-state index is 11.6. The molecule has 1 fully saturated rings. The van der Waals surface area contributed by atoms with E-state index in [0.717, 1.165) is 12.0 Å². The third kappa shape index (κ3) is 1.86. The molecule has 0 aromatic carbocycles. The first-order valence-corrected chi connectivity index (χ1v) is 5.84. The molecular formula is C13H19NO2. The van der Waals surface area contributed by atoms with Gasteiger partial charge in [-0.15, -0.1) is 0 Å². The lowest BCUT2D eigenvalue weighted by molar-refractivity contribution is -0.119. The van der Waals surface area contributed by atoms with E-state index in [0.29, 0.717) is 12.3 Å². The number of furan rings is 1. The van der Waals surface area contributed by atoms with Crippen LogP contribution in [0, 0.1) is 5.92 Å². The molecule has 2 heterocycles. The summed E-state index contributed by atoms with van der Waals surface area (Å²) >= 11 is 0. The molecule has 0 bridgehead atoms. The third-order valence-corrected chi connectivity index (χ3v) is 3.52. The summed E-state index contributed by atoms with van der Waals surface area (Å²) in [7, 11) is 0. The van der Waals surface area contributed by atoms with Crippen molar-refractivity contribution in [3.63, 3.8) is 0 Å². The van der Waals surface area contributed by atoms with Crippen molar-refractivity contribution in [3.8, 4) is 0 Å². The minimum Gasteiger partial charge on any atom is -0.472 e. The highest BCUT2D eigenvalue weighted by atomic mass is 16.3. The molecule has 2 unspecified atom stereocenters. The van der Waals surface area contributed by atoms with Gasteiger partial charge in [-0.3, -0.25) is 4.79 Å². The molecule has 1 aromatic rings. The average Bonchev–Trinajstić information content (AvgIpc) is 2.75. The van der Waals surface area contributed by atoms with Crippen LogP contribution < -0.4 is 5.32 Å². The van der Waals surface area contributed by atoms with Crippen LogP contribution in [0.1, 0.15) is 39.2 Å². The highest BCUT2D eigenvalue weighted by Gasteiger charge is 2.44. The van der Waals surface area contributed by atoms with Crippen LogP contribution in [0.2, 0.25) is 0 Å². The molecule has 3 heteroatoms. The first-order valence-electron chi connectivity index (χ1n) is 5.84. The number of carbonyl (C=O) groups excluding carboxylic acids is 1. The fourth-order valence-corrected chi connectivity index (χ4v) is 2.54. The van der Waals surface area contributed by atoms with Gasteiger partial charge in [-0.2, -0.15) is 0 Å². The van der Waals surface area contributed by atoms with E-state index >= 15 is 0 Å². The summed E-state index contributed by atoms with van der Waals surface area (Å²) < 4.78 is 5.14. The van der Waals surface area contributed by atoms with Crippen LogP contribution in [0.5, 0.6) is 0 Å². The maximum atomic E-state index is 11.6. The van der Waals surface area contributed by atoms with Crippen molar-refractivity contribution < 1.29 is 9.21 Å². The summed E-state index contributed by atoms with van der Waals surface area (Å²) in [5.41, 5.74) is 1.01. The van der Waals surface area contributed by atoms with E-state index in [1.54, 1.807) is 12.5 Å². The van der Waals surface area contributed by atoms with E-state index in [1.807, 2.05) is 6.07 Å². The van der Waals surface area contributed by atoms with E-state index in [9.17, 15) is 4.79 Å². The number of hydrogen-bond acceptors (Lipinski definition) is 2. The minimum atomic E-state index is -0.117. The highest BCUT2D eigenvalue weighted by molar-refractivity contribution is 5.81. The monoisotopic (exact) mass is 221 g/mol. The van der Waals surface area contributed by atoms with Crippen LogP contribution in [0.3, 0.4) is 0 Å². The van der Waals surface area contributed by atoms with Crippen molar-refractivity contribution in [1.29, 1.82) is 0 Å². The number of amides is 1. The van der Waals surface area contributed by atoms with Crippen molar-refractivity contribution in [2.24, 2.45) is 5.92 Å². The molecule has 2 atom stereocenters. The molecule has 1 aliphatic rings. The Labute approximate surface area is 96.2 Å². The van der Waals surface area contributed by atoms with Crippen molar-refractivity contribution in [1.82, 2.24) is 5.32 Å². The zero-order valence-corrected chi connectivity index (χ0v) is 10.1. The smallest absolute Gasteiger partial charge is 0.221 e. The van der Waals surface area contributed by atoms with Crippen LogP contribution in [0.4, 0.5) is 0 Å². The molecule has 2 rings (SSSR count). The lowest BCUT2D eigenvalue weighted by Crippen LogP contribution is -2.39. The quantitative estimate of drug-likeness (QED) is 0.852. The fraction of sp³-hybridized carbons (Fsp3) is 0.615. The molecule has 1 amide bonds. The second-order valence-electron chi connectivity index (χ2n) is 5.36. The molecule has 1 aromatic heterocycles. The second kappa shape index (κ2) is 3.96. The van der Waals surface area contributed by atoms with Gasteiger partial charge in [-0.05, 0) is 24.0 Å². The van der Waals surface area contributed by atoms with Gasteiger partial charge in [0.1, 0.15) is 0 Å². The normalized spacial score (nSPS) is 29.8. The predicted octanol–water partition coefficient (Wildman–Crippen LogP) is 2.47. The predicted molar refractivity (Wildman–Crippen MR) is 62.1 cm³/mol. The Morgan fingerprint density at radius 1 is 1.62 bits per heavy atom. The molecule has 0 aliphatic carbocycles. The molecular weight excluding hydrogens is 202 g/mol. The first kappa shape index (κ1) is 11.2. The molecule has 1 aliphatic heterocycles.